The molecule has 0 atom stereocenters. The van der Waals surface area contributed by atoms with Crippen LogP contribution in [0.25, 0.3) is 5.69 Å². The number of nitrogens with zero attached hydrogens (tertiary/aromatic N) is 3. The van der Waals surface area contributed by atoms with Crippen molar-refractivity contribution in [3.63, 3.8) is 0 Å². The van der Waals surface area contributed by atoms with E-state index in [9.17, 15) is 9.18 Å². The lowest BCUT2D eigenvalue weighted by atomic mass is 10.2. The molecule has 0 saturated heterocycles. The second kappa shape index (κ2) is 5.83. The molecule has 0 radical (unpaired) electrons. The molecule has 0 unspecified atom stereocenters. The van der Waals surface area contributed by atoms with Crippen molar-refractivity contribution in [2.75, 3.05) is 14.2 Å². The summed E-state index contributed by atoms with van der Waals surface area (Å²) >= 11 is 0. The fourth-order valence-corrected chi connectivity index (χ4v) is 1.95. The second-order valence-corrected chi connectivity index (χ2v) is 4.23. The van der Waals surface area contributed by atoms with Crippen LogP contribution in [0.5, 0.6) is 0 Å². The van der Waals surface area contributed by atoms with Gasteiger partial charge >= 0.3 is 0 Å². The molecule has 1 heterocycles. The van der Waals surface area contributed by atoms with Crippen molar-refractivity contribution in [1.82, 2.24) is 14.8 Å². The number of hydrogen-bond acceptors (Lipinski definition) is 3. The first-order valence-electron chi connectivity index (χ1n) is 6.23. The second-order valence-electron chi connectivity index (χ2n) is 4.23. The molecule has 0 fully saturated rings. The number of halogens is 1. The lowest BCUT2D eigenvalue weighted by Crippen LogP contribution is -2.26. The highest BCUT2D eigenvalue weighted by Gasteiger charge is 2.20. The van der Waals surface area contributed by atoms with Gasteiger partial charge in [-0.2, -0.15) is 5.10 Å². The molecule has 0 bridgehead atoms. The molecule has 1 aromatic heterocycles. The lowest BCUT2D eigenvalue weighted by Gasteiger charge is -2.14. The predicted octanol–water partition coefficient (Wildman–Crippen LogP) is 2.21. The van der Waals surface area contributed by atoms with Crippen LogP contribution in [0.15, 0.2) is 30.5 Å². The zero-order valence-corrected chi connectivity index (χ0v) is 11.6. The van der Waals surface area contributed by atoms with Crippen LogP contribution in [-0.4, -0.2) is 34.9 Å². The van der Waals surface area contributed by atoms with E-state index in [1.165, 1.54) is 32.5 Å². The van der Waals surface area contributed by atoms with E-state index in [0.717, 1.165) is 10.8 Å². The number of aromatic nitrogens is 2. The van der Waals surface area contributed by atoms with Crippen LogP contribution in [0.2, 0.25) is 0 Å². The molecule has 2 aromatic rings. The van der Waals surface area contributed by atoms with Crippen LogP contribution in [0, 0.1) is 5.82 Å². The van der Waals surface area contributed by atoms with Crippen molar-refractivity contribution in [2.45, 2.75) is 13.3 Å². The fraction of sp³-hybridized carbons (Fsp3) is 0.286. The Morgan fingerprint density at radius 2 is 2.05 bits per heavy atom. The topological polar surface area (TPSA) is 47.4 Å². The first kappa shape index (κ1) is 14.2. The number of hydroxylamine groups is 2. The van der Waals surface area contributed by atoms with E-state index >= 15 is 0 Å². The maximum atomic E-state index is 13.0. The van der Waals surface area contributed by atoms with E-state index in [4.69, 9.17) is 4.84 Å². The highest BCUT2D eigenvalue weighted by atomic mass is 19.1. The van der Waals surface area contributed by atoms with Crippen LogP contribution < -0.4 is 0 Å². The van der Waals surface area contributed by atoms with Crippen molar-refractivity contribution in [3.05, 3.63) is 47.5 Å². The molecule has 5 nitrogen and oxygen atoms in total. The minimum Gasteiger partial charge on any atom is -0.274 e. The van der Waals surface area contributed by atoms with Gasteiger partial charge in [-0.3, -0.25) is 9.63 Å². The first-order chi connectivity index (χ1) is 9.58. The van der Waals surface area contributed by atoms with Gasteiger partial charge in [0.2, 0.25) is 0 Å². The maximum Gasteiger partial charge on any atom is 0.280 e. The monoisotopic (exact) mass is 277 g/mol. The van der Waals surface area contributed by atoms with E-state index in [1.54, 1.807) is 16.8 Å². The van der Waals surface area contributed by atoms with E-state index in [2.05, 4.69) is 5.10 Å². The van der Waals surface area contributed by atoms with E-state index in [0.29, 0.717) is 17.7 Å². The number of carbonyl (C=O) groups is 1. The van der Waals surface area contributed by atoms with Gasteiger partial charge < -0.3 is 0 Å². The Morgan fingerprint density at radius 3 is 2.60 bits per heavy atom. The third-order valence-electron chi connectivity index (χ3n) is 3.07. The predicted molar refractivity (Wildman–Crippen MR) is 72.0 cm³/mol. The minimum absolute atomic E-state index is 0.266. The summed E-state index contributed by atoms with van der Waals surface area (Å²) in [5, 5.41) is 5.36. The van der Waals surface area contributed by atoms with Gasteiger partial charge in [0, 0.05) is 7.05 Å². The van der Waals surface area contributed by atoms with Gasteiger partial charge in [0.25, 0.3) is 5.91 Å². The van der Waals surface area contributed by atoms with Gasteiger partial charge in [-0.15, -0.1) is 0 Å². The summed E-state index contributed by atoms with van der Waals surface area (Å²) in [7, 11) is 2.96. The highest BCUT2D eigenvalue weighted by Crippen LogP contribution is 2.17. The van der Waals surface area contributed by atoms with Crippen molar-refractivity contribution in [2.24, 2.45) is 0 Å². The summed E-state index contributed by atoms with van der Waals surface area (Å²) in [5.74, 6) is -0.577. The Morgan fingerprint density at radius 1 is 1.40 bits per heavy atom. The zero-order chi connectivity index (χ0) is 14.7. The standard InChI is InChI=1S/C14H16FN3O2/c1-4-13-12(14(19)17(2)20-3)9-16-18(13)11-7-5-10(15)6-8-11/h5-9H,4H2,1-3H3. The maximum absolute atomic E-state index is 13.0. The average Bonchev–Trinajstić information content (AvgIpc) is 2.90. The summed E-state index contributed by atoms with van der Waals surface area (Å²) in [5.41, 5.74) is 1.94. The van der Waals surface area contributed by atoms with Crippen molar-refractivity contribution < 1.29 is 14.0 Å². The number of benzene rings is 1. The Bertz CT molecular complexity index is 607. The molecule has 20 heavy (non-hydrogen) atoms. The number of carbonyl (C=O) groups excluding carboxylic acids is 1. The average molecular weight is 277 g/mol. The van der Waals surface area contributed by atoms with Gasteiger partial charge in [-0.25, -0.2) is 14.1 Å². The molecule has 1 amide bonds. The van der Waals surface area contributed by atoms with Crippen molar-refractivity contribution in [3.8, 4) is 5.69 Å². The molecule has 0 aliphatic heterocycles. The van der Waals surface area contributed by atoms with Gasteiger partial charge in [0.05, 0.1) is 30.3 Å². The lowest BCUT2D eigenvalue weighted by molar-refractivity contribution is -0.0757. The normalized spacial score (nSPS) is 10.6. The van der Waals surface area contributed by atoms with Crippen LogP contribution in [-0.2, 0) is 11.3 Å². The summed E-state index contributed by atoms with van der Waals surface area (Å²) in [6, 6.07) is 5.96. The molecule has 0 saturated carbocycles. The van der Waals surface area contributed by atoms with E-state index < -0.39 is 0 Å². The third kappa shape index (κ3) is 2.55. The van der Waals surface area contributed by atoms with Crippen molar-refractivity contribution in [1.29, 1.82) is 0 Å². The Kier molecular flexibility index (Phi) is 4.14. The van der Waals surface area contributed by atoms with Gasteiger partial charge in [-0.1, -0.05) is 6.92 Å². The number of hydrogen-bond donors (Lipinski definition) is 0. The fourth-order valence-electron chi connectivity index (χ4n) is 1.95. The summed E-state index contributed by atoms with van der Waals surface area (Å²) < 4.78 is 14.6. The largest absolute Gasteiger partial charge is 0.280 e. The van der Waals surface area contributed by atoms with Crippen molar-refractivity contribution >= 4 is 5.91 Å². The molecule has 2 rings (SSSR count). The molecular weight excluding hydrogens is 261 g/mol. The highest BCUT2D eigenvalue weighted by molar-refractivity contribution is 5.94. The molecule has 106 valence electrons. The Balaban J connectivity index is 2.44. The SMILES string of the molecule is CCc1c(C(=O)N(C)OC)cnn1-c1ccc(F)cc1. The minimum atomic E-state index is -0.311. The molecular formula is C14H16FN3O2. The Labute approximate surface area is 116 Å². The van der Waals surface area contributed by atoms with Crippen LogP contribution >= 0.6 is 0 Å². The summed E-state index contributed by atoms with van der Waals surface area (Å²) in [4.78, 5) is 17.0. The van der Waals surface area contributed by atoms with Crippen LogP contribution in [0.1, 0.15) is 23.0 Å². The smallest absolute Gasteiger partial charge is 0.274 e. The summed E-state index contributed by atoms with van der Waals surface area (Å²) in [6.45, 7) is 1.93. The molecule has 0 aliphatic carbocycles. The molecule has 0 aliphatic rings. The third-order valence-corrected chi connectivity index (χ3v) is 3.07. The van der Waals surface area contributed by atoms with Crippen LogP contribution in [0.3, 0.4) is 0 Å². The zero-order valence-electron chi connectivity index (χ0n) is 11.6. The summed E-state index contributed by atoms with van der Waals surface area (Å²) in [6.07, 6.45) is 2.12. The van der Waals surface area contributed by atoms with Gasteiger partial charge in [0.1, 0.15) is 5.82 Å². The Hall–Kier alpha value is -2.21. The van der Waals surface area contributed by atoms with Crippen LogP contribution in [0.4, 0.5) is 4.39 Å². The number of amides is 1. The molecule has 6 heteroatoms. The number of rotatable bonds is 4. The molecule has 1 aromatic carbocycles. The quantitative estimate of drug-likeness (QED) is 0.805. The van der Waals surface area contributed by atoms with E-state index in [-0.39, 0.29) is 11.7 Å². The van der Waals surface area contributed by atoms with Gasteiger partial charge in [0.15, 0.2) is 0 Å². The van der Waals surface area contributed by atoms with Gasteiger partial charge in [-0.05, 0) is 30.7 Å². The first-order valence-corrected chi connectivity index (χ1v) is 6.23. The molecule has 0 spiro atoms. The molecule has 0 N–H and O–H groups in total. The van der Waals surface area contributed by atoms with E-state index in [1.807, 2.05) is 6.92 Å².